The first kappa shape index (κ1) is 12.5. The van der Waals surface area contributed by atoms with E-state index in [-0.39, 0.29) is 5.91 Å². The average Bonchev–Trinajstić information content (AvgIpc) is 2.37. The molecule has 0 atom stereocenters. The average molecular weight is 250 g/mol. The van der Waals surface area contributed by atoms with Gasteiger partial charge in [-0.2, -0.15) is 11.8 Å². The Hall–Kier alpha value is -1.00. The summed E-state index contributed by atoms with van der Waals surface area (Å²) in [5.74, 6) is 0.994. The Balaban J connectivity index is 2.08. The third-order valence-corrected chi connectivity index (χ3v) is 3.56. The zero-order valence-corrected chi connectivity index (χ0v) is 10.9. The lowest BCUT2D eigenvalue weighted by molar-refractivity contribution is -0.115. The lowest BCUT2D eigenvalue weighted by atomic mass is 9.99. The van der Waals surface area contributed by atoms with E-state index in [1.54, 1.807) is 11.8 Å². The molecule has 92 valence electrons. The number of hydrogen-bond acceptors (Lipinski definition) is 3. The number of thioether (sulfide) groups is 1. The molecule has 0 unspecified atom stereocenters. The number of hydrogen-bond donors (Lipinski definition) is 2. The molecule has 17 heavy (non-hydrogen) atoms. The fourth-order valence-corrected chi connectivity index (χ4v) is 2.45. The molecule has 1 heterocycles. The number of rotatable bonds is 4. The Morgan fingerprint density at radius 3 is 3.24 bits per heavy atom. The predicted octanol–water partition coefficient (Wildman–Crippen LogP) is 2.02. The van der Waals surface area contributed by atoms with Crippen LogP contribution in [-0.4, -0.2) is 24.5 Å². The molecule has 0 fully saturated rings. The molecule has 3 nitrogen and oxygen atoms in total. The van der Waals surface area contributed by atoms with Gasteiger partial charge < -0.3 is 10.6 Å². The Labute approximate surface area is 106 Å². The maximum absolute atomic E-state index is 11.7. The van der Waals surface area contributed by atoms with E-state index in [9.17, 15) is 4.79 Å². The molecular formula is C13H18N2OS. The molecule has 2 rings (SSSR count). The van der Waals surface area contributed by atoms with Crippen LogP contribution >= 0.6 is 11.8 Å². The Morgan fingerprint density at radius 2 is 2.41 bits per heavy atom. The van der Waals surface area contributed by atoms with Crippen LogP contribution in [0.3, 0.4) is 0 Å². The van der Waals surface area contributed by atoms with Crippen LogP contribution in [0.25, 0.3) is 0 Å². The number of carbonyl (C=O) groups is 1. The van der Waals surface area contributed by atoms with Crippen molar-refractivity contribution >= 4 is 23.4 Å². The number of fused-ring (bicyclic) bond motifs is 1. The SMILES string of the molecule is CSCCC(=O)Nc1cccc2c1CCNC2. The third kappa shape index (κ3) is 3.23. The van der Waals surface area contributed by atoms with Gasteiger partial charge in [-0.1, -0.05) is 12.1 Å². The topological polar surface area (TPSA) is 41.1 Å². The highest BCUT2D eigenvalue weighted by molar-refractivity contribution is 7.98. The molecule has 0 spiro atoms. The van der Waals surface area contributed by atoms with Crippen molar-refractivity contribution in [1.29, 1.82) is 0 Å². The minimum Gasteiger partial charge on any atom is -0.326 e. The van der Waals surface area contributed by atoms with Crippen LogP contribution in [-0.2, 0) is 17.8 Å². The van der Waals surface area contributed by atoms with Crippen molar-refractivity contribution in [1.82, 2.24) is 5.32 Å². The highest BCUT2D eigenvalue weighted by Gasteiger charge is 2.13. The van der Waals surface area contributed by atoms with Crippen molar-refractivity contribution in [2.75, 3.05) is 23.9 Å². The first-order valence-corrected chi connectivity index (χ1v) is 7.31. The van der Waals surface area contributed by atoms with E-state index in [2.05, 4.69) is 16.7 Å². The maximum atomic E-state index is 11.7. The second-order valence-corrected chi connectivity index (χ2v) is 5.15. The molecule has 0 aromatic heterocycles. The molecule has 0 bridgehead atoms. The van der Waals surface area contributed by atoms with Crippen LogP contribution in [0.2, 0.25) is 0 Å². The van der Waals surface area contributed by atoms with Gasteiger partial charge in [-0.15, -0.1) is 0 Å². The third-order valence-electron chi connectivity index (χ3n) is 2.95. The summed E-state index contributed by atoms with van der Waals surface area (Å²) < 4.78 is 0. The van der Waals surface area contributed by atoms with Gasteiger partial charge in [-0.05, 0) is 36.4 Å². The molecule has 1 amide bonds. The number of benzene rings is 1. The fourth-order valence-electron chi connectivity index (χ4n) is 2.06. The minimum atomic E-state index is 0.117. The van der Waals surface area contributed by atoms with Crippen LogP contribution in [0.5, 0.6) is 0 Å². The van der Waals surface area contributed by atoms with E-state index < -0.39 is 0 Å². The quantitative estimate of drug-likeness (QED) is 0.859. The van der Waals surface area contributed by atoms with Gasteiger partial charge in [0.15, 0.2) is 0 Å². The highest BCUT2D eigenvalue weighted by Crippen LogP contribution is 2.23. The molecule has 1 aliphatic heterocycles. The fraction of sp³-hybridized carbons (Fsp3) is 0.462. The summed E-state index contributed by atoms with van der Waals surface area (Å²) in [5.41, 5.74) is 3.60. The second-order valence-electron chi connectivity index (χ2n) is 4.16. The first-order chi connectivity index (χ1) is 8.31. The standard InChI is InChI=1S/C13H18N2OS/c1-17-8-6-13(16)15-12-4-2-3-10-9-14-7-5-11(10)12/h2-4,14H,5-9H2,1H3,(H,15,16). The predicted molar refractivity (Wildman–Crippen MR) is 73.5 cm³/mol. The van der Waals surface area contributed by atoms with Gasteiger partial charge in [0.05, 0.1) is 0 Å². The van der Waals surface area contributed by atoms with E-state index in [1.807, 2.05) is 18.4 Å². The number of carbonyl (C=O) groups excluding carboxylic acids is 1. The second kappa shape index (κ2) is 6.07. The first-order valence-electron chi connectivity index (χ1n) is 5.91. The van der Waals surface area contributed by atoms with E-state index in [4.69, 9.17) is 0 Å². The minimum absolute atomic E-state index is 0.117. The van der Waals surface area contributed by atoms with Gasteiger partial charge in [0, 0.05) is 24.4 Å². The molecule has 0 radical (unpaired) electrons. The molecule has 1 aromatic carbocycles. The van der Waals surface area contributed by atoms with Gasteiger partial charge in [-0.3, -0.25) is 4.79 Å². The lowest BCUT2D eigenvalue weighted by Crippen LogP contribution is -2.25. The molecule has 0 aliphatic carbocycles. The summed E-state index contributed by atoms with van der Waals surface area (Å²) in [7, 11) is 0. The van der Waals surface area contributed by atoms with Crippen LogP contribution < -0.4 is 10.6 Å². The Kier molecular flexibility index (Phi) is 4.45. The van der Waals surface area contributed by atoms with Crippen molar-refractivity contribution in [2.24, 2.45) is 0 Å². The molecule has 0 saturated heterocycles. The molecule has 0 saturated carbocycles. The normalized spacial score (nSPS) is 14.2. The van der Waals surface area contributed by atoms with Crippen LogP contribution in [0.15, 0.2) is 18.2 Å². The van der Waals surface area contributed by atoms with Crippen molar-refractivity contribution < 1.29 is 4.79 Å². The number of anilines is 1. The smallest absolute Gasteiger partial charge is 0.225 e. The lowest BCUT2D eigenvalue weighted by Gasteiger charge is -2.20. The van der Waals surface area contributed by atoms with Crippen LogP contribution in [0, 0.1) is 0 Å². The van der Waals surface area contributed by atoms with Crippen molar-refractivity contribution in [3.63, 3.8) is 0 Å². The Bertz CT molecular complexity index is 406. The van der Waals surface area contributed by atoms with E-state index in [0.717, 1.165) is 31.0 Å². The van der Waals surface area contributed by atoms with E-state index in [0.29, 0.717) is 6.42 Å². The van der Waals surface area contributed by atoms with Crippen molar-refractivity contribution in [3.8, 4) is 0 Å². The largest absolute Gasteiger partial charge is 0.326 e. The zero-order valence-electron chi connectivity index (χ0n) is 10.1. The van der Waals surface area contributed by atoms with Gasteiger partial charge >= 0.3 is 0 Å². The summed E-state index contributed by atoms with van der Waals surface area (Å²) in [6.45, 7) is 1.90. The molecular weight excluding hydrogens is 232 g/mol. The van der Waals surface area contributed by atoms with E-state index >= 15 is 0 Å². The van der Waals surface area contributed by atoms with Crippen molar-refractivity contribution in [3.05, 3.63) is 29.3 Å². The summed E-state index contributed by atoms with van der Waals surface area (Å²) in [5, 5.41) is 6.36. The Morgan fingerprint density at radius 1 is 1.53 bits per heavy atom. The molecule has 1 aliphatic rings. The van der Waals surface area contributed by atoms with Crippen molar-refractivity contribution in [2.45, 2.75) is 19.4 Å². The van der Waals surface area contributed by atoms with Crippen LogP contribution in [0.4, 0.5) is 5.69 Å². The van der Waals surface area contributed by atoms with Gasteiger partial charge in [0.2, 0.25) is 5.91 Å². The highest BCUT2D eigenvalue weighted by atomic mass is 32.2. The summed E-state index contributed by atoms with van der Waals surface area (Å²) >= 11 is 1.70. The summed E-state index contributed by atoms with van der Waals surface area (Å²) in [4.78, 5) is 11.7. The molecule has 4 heteroatoms. The molecule has 2 N–H and O–H groups in total. The van der Waals surface area contributed by atoms with Gasteiger partial charge in [-0.25, -0.2) is 0 Å². The molecule has 1 aromatic rings. The number of nitrogens with one attached hydrogen (secondary N) is 2. The summed E-state index contributed by atoms with van der Waals surface area (Å²) in [6.07, 6.45) is 3.60. The van der Waals surface area contributed by atoms with E-state index in [1.165, 1.54) is 11.1 Å². The summed E-state index contributed by atoms with van der Waals surface area (Å²) in [6, 6.07) is 6.14. The van der Waals surface area contributed by atoms with Crippen LogP contribution in [0.1, 0.15) is 17.5 Å². The maximum Gasteiger partial charge on any atom is 0.225 e. The van der Waals surface area contributed by atoms with Gasteiger partial charge in [0.25, 0.3) is 0 Å². The zero-order chi connectivity index (χ0) is 12.1. The van der Waals surface area contributed by atoms with Gasteiger partial charge in [0.1, 0.15) is 0 Å². The monoisotopic (exact) mass is 250 g/mol. The number of amides is 1.